The van der Waals surface area contributed by atoms with Gasteiger partial charge < -0.3 is 20.2 Å². The number of fused-ring (bicyclic) bond motifs is 1. The molecule has 0 aliphatic carbocycles. The minimum atomic E-state index is -1.46. The van der Waals surface area contributed by atoms with Gasteiger partial charge in [-0.15, -0.1) is 0 Å². The van der Waals surface area contributed by atoms with Crippen LogP contribution in [0.1, 0.15) is 28.7 Å². The highest BCUT2D eigenvalue weighted by Crippen LogP contribution is 2.31. The second-order valence-electron chi connectivity index (χ2n) is 5.24. The van der Waals surface area contributed by atoms with Gasteiger partial charge in [0.1, 0.15) is 11.6 Å². The van der Waals surface area contributed by atoms with Crippen LogP contribution in [0.4, 0.5) is 0 Å². The molecule has 4 N–H and O–H groups in total. The quantitative estimate of drug-likeness (QED) is 0.591. The number of aromatic amines is 2. The third-order valence-corrected chi connectivity index (χ3v) is 3.75. The van der Waals surface area contributed by atoms with Crippen molar-refractivity contribution in [3.8, 4) is 17.0 Å². The number of aryl methyl sites for hydroxylation is 1. The molecule has 0 aliphatic rings. The highest BCUT2D eigenvalue weighted by atomic mass is 16.4. The number of carboxylic acid groups (broad SMARTS) is 1. The fraction of sp³-hybridized carbons (Fsp3) is 0.188. The van der Waals surface area contributed by atoms with Crippen molar-refractivity contribution < 1.29 is 15.0 Å². The number of imidazole rings is 1. The zero-order chi connectivity index (χ0) is 16.7. The van der Waals surface area contributed by atoms with Crippen molar-refractivity contribution in [2.45, 2.75) is 20.3 Å². The summed E-state index contributed by atoms with van der Waals surface area (Å²) in [6.07, 6.45) is 0.371. The average Bonchev–Trinajstić information content (AvgIpc) is 2.85. The predicted molar refractivity (Wildman–Crippen MR) is 84.9 cm³/mol. The van der Waals surface area contributed by atoms with Crippen LogP contribution in [0.25, 0.3) is 22.3 Å². The van der Waals surface area contributed by atoms with Crippen molar-refractivity contribution in [2.75, 3.05) is 0 Å². The summed E-state index contributed by atoms with van der Waals surface area (Å²) in [5.74, 6) is -1.18. The highest BCUT2D eigenvalue weighted by Gasteiger charge is 2.22. The van der Waals surface area contributed by atoms with E-state index in [-0.39, 0.29) is 0 Å². The minimum absolute atomic E-state index is 0.371. The molecule has 0 radical (unpaired) electrons. The summed E-state index contributed by atoms with van der Waals surface area (Å²) in [5, 5.41) is 19.3. The number of rotatable bonds is 3. The minimum Gasteiger partial charge on any atom is -0.506 e. The third kappa shape index (κ3) is 2.36. The highest BCUT2D eigenvalue weighted by molar-refractivity contribution is 5.92. The van der Waals surface area contributed by atoms with E-state index >= 15 is 0 Å². The molecular formula is C16H15N3O4. The summed E-state index contributed by atoms with van der Waals surface area (Å²) in [4.78, 5) is 33.1. The summed E-state index contributed by atoms with van der Waals surface area (Å²) in [7, 11) is 0. The maximum absolute atomic E-state index is 12.0. The molecule has 0 fully saturated rings. The lowest BCUT2D eigenvalue weighted by molar-refractivity contribution is 0.0691. The number of aromatic nitrogens is 3. The molecule has 3 aromatic rings. The van der Waals surface area contributed by atoms with Gasteiger partial charge in [0, 0.05) is 11.1 Å². The third-order valence-electron chi connectivity index (χ3n) is 3.75. The van der Waals surface area contributed by atoms with Crippen molar-refractivity contribution >= 4 is 17.0 Å². The first-order chi connectivity index (χ1) is 10.9. The zero-order valence-electron chi connectivity index (χ0n) is 12.6. The van der Waals surface area contributed by atoms with Crippen LogP contribution >= 0.6 is 0 Å². The molecule has 1 aromatic carbocycles. The Morgan fingerprint density at radius 2 is 2.04 bits per heavy atom. The Balaban J connectivity index is 2.29. The van der Waals surface area contributed by atoms with Crippen LogP contribution in [0, 0.1) is 6.92 Å². The number of benzene rings is 1. The second-order valence-corrected chi connectivity index (χ2v) is 5.24. The molecular weight excluding hydrogens is 298 g/mol. The molecule has 2 heterocycles. The molecule has 118 valence electrons. The van der Waals surface area contributed by atoms with Gasteiger partial charge in [0.05, 0.1) is 16.7 Å². The Hall–Kier alpha value is -3.09. The van der Waals surface area contributed by atoms with Crippen LogP contribution in [0.15, 0.2) is 23.0 Å². The number of carboxylic acids is 1. The smallest absolute Gasteiger partial charge is 0.345 e. The van der Waals surface area contributed by atoms with E-state index in [4.69, 9.17) is 5.11 Å². The molecule has 2 aromatic heterocycles. The number of hydrogen-bond acceptors (Lipinski definition) is 4. The van der Waals surface area contributed by atoms with E-state index in [1.54, 1.807) is 19.1 Å². The lowest BCUT2D eigenvalue weighted by atomic mass is 10.0. The Kier molecular flexibility index (Phi) is 3.40. The first-order valence-corrected chi connectivity index (χ1v) is 7.10. The van der Waals surface area contributed by atoms with E-state index in [0.29, 0.717) is 23.2 Å². The molecule has 7 nitrogen and oxygen atoms in total. The molecule has 0 amide bonds. The zero-order valence-corrected chi connectivity index (χ0v) is 12.6. The van der Waals surface area contributed by atoms with E-state index in [0.717, 1.165) is 16.9 Å². The van der Waals surface area contributed by atoms with Crippen LogP contribution in [0.3, 0.4) is 0 Å². The molecule has 7 heteroatoms. The van der Waals surface area contributed by atoms with E-state index in [1.807, 2.05) is 13.0 Å². The van der Waals surface area contributed by atoms with Crippen LogP contribution in [0.2, 0.25) is 0 Å². The van der Waals surface area contributed by atoms with Crippen molar-refractivity contribution in [3.63, 3.8) is 0 Å². The van der Waals surface area contributed by atoms with Gasteiger partial charge in [-0.2, -0.15) is 0 Å². The van der Waals surface area contributed by atoms with Crippen LogP contribution in [0.5, 0.6) is 5.75 Å². The normalized spacial score (nSPS) is 11.0. The van der Waals surface area contributed by atoms with Gasteiger partial charge in [-0.25, -0.2) is 9.78 Å². The Morgan fingerprint density at radius 1 is 1.30 bits per heavy atom. The van der Waals surface area contributed by atoms with Crippen LogP contribution in [-0.2, 0) is 6.42 Å². The molecule has 0 unspecified atom stereocenters. The topological polar surface area (TPSA) is 119 Å². The first-order valence-electron chi connectivity index (χ1n) is 7.10. The van der Waals surface area contributed by atoms with E-state index in [9.17, 15) is 14.7 Å². The van der Waals surface area contributed by atoms with Gasteiger partial charge in [0.2, 0.25) is 0 Å². The maximum atomic E-state index is 12.0. The molecule has 0 bridgehead atoms. The number of carbonyl (C=O) groups is 1. The molecule has 0 aliphatic heterocycles. The van der Waals surface area contributed by atoms with Gasteiger partial charge in [0.25, 0.3) is 5.56 Å². The summed E-state index contributed by atoms with van der Waals surface area (Å²) in [6, 6.07) is 5.39. The van der Waals surface area contributed by atoms with Gasteiger partial charge in [-0.1, -0.05) is 13.0 Å². The molecule has 0 atom stereocenters. The lowest BCUT2D eigenvalue weighted by Crippen LogP contribution is -2.20. The summed E-state index contributed by atoms with van der Waals surface area (Å²) >= 11 is 0. The van der Waals surface area contributed by atoms with E-state index in [2.05, 4.69) is 15.0 Å². The molecule has 0 spiro atoms. The number of H-pyrrole nitrogens is 2. The molecule has 0 saturated carbocycles. The number of aromatic hydroxyl groups is 1. The Bertz CT molecular complexity index is 985. The van der Waals surface area contributed by atoms with Gasteiger partial charge in [-0.05, 0) is 25.5 Å². The number of nitrogens with one attached hydrogen (secondary N) is 2. The molecule has 3 rings (SSSR count). The molecule has 23 heavy (non-hydrogen) atoms. The van der Waals surface area contributed by atoms with Crippen LogP contribution in [-0.4, -0.2) is 31.1 Å². The second kappa shape index (κ2) is 5.28. The summed E-state index contributed by atoms with van der Waals surface area (Å²) < 4.78 is 0. The first kappa shape index (κ1) is 14.8. The van der Waals surface area contributed by atoms with Crippen LogP contribution < -0.4 is 5.56 Å². The lowest BCUT2D eigenvalue weighted by Gasteiger charge is -2.12. The van der Waals surface area contributed by atoms with Gasteiger partial charge in [-0.3, -0.25) is 4.79 Å². The fourth-order valence-corrected chi connectivity index (χ4v) is 2.71. The van der Waals surface area contributed by atoms with Crippen molar-refractivity contribution in [1.82, 2.24) is 15.0 Å². The maximum Gasteiger partial charge on any atom is 0.345 e. The summed E-state index contributed by atoms with van der Waals surface area (Å²) in [5.41, 5.74) is 1.56. The summed E-state index contributed by atoms with van der Waals surface area (Å²) in [6.45, 7) is 3.62. The predicted octanol–water partition coefficient (Wildman–Crippen LogP) is 2.19. The van der Waals surface area contributed by atoms with Crippen molar-refractivity contribution in [1.29, 1.82) is 0 Å². The van der Waals surface area contributed by atoms with Crippen molar-refractivity contribution in [3.05, 3.63) is 45.5 Å². The SMILES string of the molecule is CCc1c(-c2ccc3[nH]c(C)nc3c2)[nH]c(=O)c(C(=O)O)c1O. The standard InChI is InChI=1S/C16H15N3O4/c1-3-9-13(19-15(21)12(14(9)20)16(22)23)8-4-5-10-11(6-8)18-7(2)17-10/h4-6H,3H2,1-2H3,(H,17,18)(H,22,23)(H2,19,20,21). The number of nitrogens with zero attached hydrogens (tertiary/aromatic N) is 1. The largest absolute Gasteiger partial charge is 0.506 e. The van der Waals surface area contributed by atoms with E-state index < -0.39 is 22.8 Å². The average molecular weight is 313 g/mol. The van der Waals surface area contributed by atoms with Gasteiger partial charge in [0.15, 0.2) is 5.56 Å². The number of aromatic carboxylic acids is 1. The Morgan fingerprint density at radius 3 is 2.70 bits per heavy atom. The number of hydrogen-bond donors (Lipinski definition) is 4. The molecule has 0 saturated heterocycles. The van der Waals surface area contributed by atoms with E-state index in [1.165, 1.54) is 0 Å². The van der Waals surface area contributed by atoms with Crippen molar-refractivity contribution in [2.24, 2.45) is 0 Å². The number of pyridine rings is 1. The van der Waals surface area contributed by atoms with Gasteiger partial charge >= 0.3 is 5.97 Å². The fourth-order valence-electron chi connectivity index (χ4n) is 2.71. The monoisotopic (exact) mass is 313 g/mol. The Labute approximate surface area is 130 Å².